The van der Waals surface area contributed by atoms with Crippen LogP contribution in [0.3, 0.4) is 0 Å². The van der Waals surface area contributed by atoms with E-state index in [0.29, 0.717) is 17.5 Å². The SMILES string of the molecule is c1ccc(-c2nc(-c3ccccc3)nc(-c3ccc4oc5c(-c6ccccc6)cc(-n6c7ccccc7c7cc8ccccc8cc76)cc5c4c3)n2)cc1. The Balaban J connectivity index is 1.18. The third-order valence-corrected chi connectivity index (χ3v) is 10.4. The van der Waals surface area contributed by atoms with Crippen molar-refractivity contribution < 1.29 is 4.42 Å². The van der Waals surface area contributed by atoms with Gasteiger partial charge in [-0.15, -0.1) is 0 Å². The van der Waals surface area contributed by atoms with Crippen LogP contribution in [-0.4, -0.2) is 19.5 Å². The minimum Gasteiger partial charge on any atom is -0.455 e. The van der Waals surface area contributed by atoms with Crippen molar-refractivity contribution in [3.63, 3.8) is 0 Å². The molecule has 0 spiro atoms. The van der Waals surface area contributed by atoms with Gasteiger partial charge < -0.3 is 8.98 Å². The quantitative estimate of drug-likeness (QED) is 0.180. The first-order chi connectivity index (χ1) is 26.7. The van der Waals surface area contributed by atoms with E-state index < -0.39 is 0 Å². The summed E-state index contributed by atoms with van der Waals surface area (Å²) in [5.74, 6) is 1.86. The predicted molar refractivity (Wildman–Crippen MR) is 221 cm³/mol. The van der Waals surface area contributed by atoms with E-state index >= 15 is 0 Å². The Labute approximate surface area is 310 Å². The van der Waals surface area contributed by atoms with Gasteiger partial charge in [0, 0.05) is 49.5 Å². The van der Waals surface area contributed by atoms with Gasteiger partial charge >= 0.3 is 0 Å². The summed E-state index contributed by atoms with van der Waals surface area (Å²) in [4.78, 5) is 15.0. The lowest BCUT2D eigenvalue weighted by Crippen LogP contribution is -2.00. The number of furan rings is 1. The van der Waals surface area contributed by atoms with Gasteiger partial charge in [0.1, 0.15) is 11.2 Å². The van der Waals surface area contributed by atoms with Gasteiger partial charge in [-0.2, -0.15) is 0 Å². The van der Waals surface area contributed by atoms with Crippen molar-refractivity contribution in [2.75, 3.05) is 0 Å². The molecule has 0 radical (unpaired) electrons. The molecule has 0 aliphatic heterocycles. The molecule has 0 amide bonds. The minimum absolute atomic E-state index is 0.604. The molecule has 0 saturated carbocycles. The lowest BCUT2D eigenvalue weighted by atomic mass is 10.0. The number of nitrogens with zero attached hydrogens (tertiary/aromatic N) is 4. The number of hydrogen-bond donors (Lipinski definition) is 0. The lowest BCUT2D eigenvalue weighted by Gasteiger charge is -2.12. The summed E-state index contributed by atoms with van der Waals surface area (Å²) in [5, 5.41) is 6.90. The molecule has 0 bridgehead atoms. The zero-order valence-corrected chi connectivity index (χ0v) is 29.0. The molecule has 11 aromatic rings. The Morgan fingerprint density at radius 2 is 0.944 bits per heavy atom. The van der Waals surface area contributed by atoms with Crippen LogP contribution < -0.4 is 0 Å². The van der Waals surface area contributed by atoms with E-state index in [1.807, 2.05) is 72.8 Å². The first-order valence-corrected chi connectivity index (χ1v) is 18.1. The minimum atomic E-state index is 0.604. The van der Waals surface area contributed by atoms with Gasteiger partial charge in [-0.25, -0.2) is 15.0 Å². The van der Waals surface area contributed by atoms with Crippen LogP contribution in [0.25, 0.3) is 105 Å². The fourth-order valence-electron chi connectivity index (χ4n) is 7.83. The smallest absolute Gasteiger partial charge is 0.164 e. The number of fused-ring (bicyclic) bond motifs is 7. The summed E-state index contributed by atoms with van der Waals surface area (Å²) in [7, 11) is 0. The van der Waals surface area contributed by atoms with Crippen LogP contribution in [-0.2, 0) is 0 Å². The zero-order chi connectivity index (χ0) is 35.6. The highest BCUT2D eigenvalue weighted by atomic mass is 16.3. The largest absolute Gasteiger partial charge is 0.455 e. The second-order valence-electron chi connectivity index (χ2n) is 13.7. The number of aromatic nitrogens is 4. The molecular weight excluding hydrogens is 661 g/mol. The summed E-state index contributed by atoms with van der Waals surface area (Å²) < 4.78 is 9.16. The molecule has 0 aliphatic rings. The molecule has 11 rings (SSSR count). The maximum absolute atomic E-state index is 6.76. The van der Waals surface area contributed by atoms with Crippen molar-refractivity contribution in [1.82, 2.24) is 19.5 Å². The molecule has 252 valence electrons. The van der Waals surface area contributed by atoms with Crippen LogP contribution in [0.4, 0.5) is 0 Å². The van der Waals surface area contributed by atoms with Gasteiger partial charge in [-0.1, -0.05) is 133 Å². The highest BCUT2D eigenvalue weighted by Gasteiger charge is 2.20. The molecule has 54 heavy (non-hydrogen) atoms. The Morgan fingerprint density at radius 3 is 1.63 bits per heavy atom. The van der Waals surface area contributed by atoms with Crippen molar-refractivity contribution in [2.24, 2.45) is 0 Å². The van der Waals surface area contributed by atoms with Gasteiger partial charge in [0.15, 0.2) is 17.5 Å². The van der Waals surface area contributed by atoms with Crippen LogP contribution in [0.5, 0.6) is 0 Å². The molecule has 5 heteroatoms. The molecular formula is C49H30N4O. The third kappa shape index (κ3) is 4.90. The van der Waals surface area contributed by atoms with E-state index in [9.17, 15) is 0 Å². The molecule has 3 aromatic heterocycles. The van der Waals surface area contributed by atoms with Crippen molar-refractivity contribution in [3.05, 3.63) is 182 Å². The van der Waals surface area contributed by atoms with Crippen molar-refractivity contribution in [1.29, 1.82) is 0 Å². The summed E-state index contributed by atoms with van der Waals surface area (Å²) in [6.45, 7) is 0. The molecule has 0 fully saturated rings. The van der Waals surface area contributed by atoms with E-state index in [2.05, 4.69) is 114 Å². The molecule has 0 unspecified atom stereocenters. The second kappa shape index (κ2) is 12.1. The summed E-state index contributed by atoms with van der Waals surface area (Å²) in [6.07, 6.45) is 0. The van der Waals surface area contributed by atoms with Crippen LogP contribution in [0, 0.1) is 0 Å². The Kier molecular flexibility index (Phi) is 6.79. The zero-order valence-electron chi connectivity index (χ0n) is 29.0. The van der Waals surface area contributed by atoms with Crippen molar-refractivity contribution in [2.45, 2.75) is 0 Å². The summed E-state index contributed by atoms with van der Waals surface area (Å²) >= 11 is 0. The average molecular weight is 691 g/mol. The molecule has 8 aromatic carbocycles. The highest BCUT2D eigenvalue weighted by Crippen LogP contribution is 2.42. The number of para-hydroxylation sites is 1. The maximum Gasteiger partial charge on any atom is 0.164 e. The Bertz CT molecular complexity index is 3140. The summed E-state index contributed by atoms with van der Waals surface area (Å²) in [6, 6.07) is 63.4. The number of hydrogen-bond acceptors (Lipinski definition) is 4. The monoisotopic (exact) mass is 690 g/mol. The highest BCUT2D eigenvalue weighted by molar-refractivity contribution is 6.15. The fourth-order valence-corrected chi connectivity index (χ4v) is 7.83. The Hall–Kier alpha value is -7.37. The van der Waals surface area contributed by atoms with E-state index in [1.54, 1.807) is 0 Å². The third-order valence-electron chi connectivity index (χ3n) is 10.4. The molecule has 0 atom stereocenters. The topological polar surface area (TPSA) is 56.7 Å². The van der Waals surface area contributed by atoms with Crippen molar-refractivity contribution in [3.8, 4) is 51.0 Å². The maximum atomic E-state index is 6.76. The predicted octanol–water partition coefficient (Wildman–Crippen LogP) is 12.7. The second-order valence-corrected chi connectivity index (χ2v) is 13.7. The summed E-state index contributed by atoms with van der Waals surface area (Å²) in [5.41, 5.74) is 9.90. The van der Waals surface area contributed by atoms with Crippen LogP contribution in [0.15, 0.2) is 186 Å². The van der Waals surface area contributed by atoms with E-state index in [1.165, 1.54) is 21.5 Å². The number of rotatable bonds is 5. The standard InChI is InChI=1S/C49H30N4O/c1-4-14-31(15-5-1)39-29-37(53-43-23-13-12-22-38(43)40-26-34-20-10-11-21-35(34)28-44(40)53)30-42-41-27-36(24-25-45(41)54-46(39)42)49-51-47(32-16-6-2-7-17-32)50-48(52-49)33-18-8-3-9-19-33/h1-30H. The lowest BCUT2D eigenvalue weighted by molar-refractivity contribution is 0.670. The van der Waals surface area contributed by atoms with E-state index in [0.717, 1.165) is 66.5 Å². The van der Waals surface area contributed by atoms with Gasteiger partial charge in [-0.3, -0.25) is 0 Å². The average Bonchev–Trinajstić information content (AvgIpc) is 3.78. The first kappa shape index (κ1) is 30.3. The fraction of sp³-hybridized carbons (Fsp3) is 0. The van der Waals surface area contributed by atoms with Crippen molar-refractivity contribution >= 4 is 54.5 Å². The van der Waals surface area contributed by atoms with Gasteiger partial charge in [0.05, 0.1) is 11.0 Å². The van der Waals surface area contributed by atoms with Crippen LogP contribution >= 0.6 is 0 Å². The molecule has 0 aliphatic carbocycles. The number of benzene rings is 8. The molecule has 3 heterocycles. The van der Waals surface area contributed by atoms with Gasteiger partial charge in [0.25, 0.3) is 0 Å². The van der Waals surface area contributed by atoms with Crippen LogP contribution in [0.1, 0.15) is 0 Å². The molecule has 0 saturated heterocycles. The normalized spacial score (nSPS) is 11.7. The Morgan fingerprint density at radius 1 is 0.370 bits per heavy atom. The van der Waals surface area contributed by atoms with E-state index in [4.69, 9.17) is 19.4 Å². The molecule has 5 nitrogen and oxygen atoms in total. The van der Waals surface area contributed by atoms with Gasteiger partial charge in [0.2, 0.25) is 0 Å². The molecule has 0 N–H and O–H groups in total. The van der Waals surface area contributed by atoms with Gasteiger partial charge in [-0.05, 0) is 64.9 Å². The van der Waals surface area contributed by atoms with Crippen LogP contribution in [0.2, 0.25) is 0 Å². The van der Waals surface area contributed by atoms with E-state index in [-0.39, 0.29) is 0 Å². The first-order valence-electron chi connectivity index (χ1n) is 18.1.